The first-order valence-corrected chi connectivity index (χ1v) is 12.5. The fourth-order valence-corrected chi connectivity index (χ4v) is 4.85. The van der Waals surface area contributed by atoms with Crippen molar-refractivity contribution in [3.63, 3.8) is 0 Å². The fraction of sp³-hybridized carbons (Fsp3) is 0.280. The summed E-state index contributed by atoms with van der Waals surface area (Å²) < 4.78 is 7.87. The molecular weight excluding hydrogens is 470 g/mol. The highest BCUT2D eigenvalue weighted by Crippen LogP contribution is 2.31. The molecule has 7 nitrogen and oxygen atoms in total. The van der Waals surface area contributed by atoms with Gasteiger partial charge in [-0.25, -0.2) is 4.98 Å². The highest BCUT2D eigenvalue weighted by atomic mass is 35.5. The molecule has 0 atom stereocenters. The number of carbonyl (C=O) groups excluding carboxylic acids is 1. The van der Waals surface area contributed by atoms with Crippen LogP contribution in [0.4, 0.5) is 0 Å². The second kappa shape index (κ2) is 9.64. The molecule has 1 aliphatic carbocycles. The number of hydrogen-bond acceptors (Lipinski definition) is 6. The van der Waals surface area contributed by atoms with Crippen LogP contribution in [0.1, 0.15) is 29.9 Å². The van der Waals surface area contributed by atoms with Crippen molar-refractivity contribution in [1.82, 2.24) is 24.6 Å². The number of halogens is 1. The number of aryl methyl sites for hydroxylation is 2. The summed E-state index contributed by atoms with van der Waals surface area (Å²) >= 11 is 7.68. The van der Waals surface area contributed by atoms with Crippen LogP contribution in [0.25, 0.3) is 17.1 Å². The van der Waals surface area contributed by atoms with Crippen molar-refractivity contribution in [2.75, 3.05) is 5.75 Å². The van der Waals surface area contributed by atoms with Crippen LogP contribution in [-0.4, -0.2) is 42.4 Å². The molecule has 34 heavy (non-hydrogen) atoms. The second-order valence-electron chi connectivity index (χ2n) is 8.39. The van der Waals surface area contributed by atoms with Crippen LogP contribution in [0.2, 0.25) is 5.02 Å². The average molecular weight is 494 g/mol. The molecule has 0 N–H and O–H groups in total. The first-order chi connectivity index (χ1) is 16.5. The van der Waals surface area contributed by atoms with Crippen LogP contribution in [-0.2, 0) is 11.3 Å². The summed E-state index contributed by atoms with van der Waals surface area (Å²) in [6.07, 6.45) is 5.67. The van der Waals surface area contributed by atoms with Crippen LogP contribution in [0.15, 0.2) is 64.4 Å². The van der Waals surface area contributed by atoms with Crippen molar-refractivity contribution in [2.24, 2.45) is 0 Å². The molecule has 2 aromatic carbocycles. The summed E-state index contributed by atoms with van der Waals surface area (Å²) in [4.78, 5) is 19.5. The van der Waals surface area contributed by atoms with E-state index in [2.05, 4.69) is 47.2 Å². The number of imidazole rings is 1. The Hall–Kier alpha value is -3.10. The van der Waals surface area contributed by atoms with Crippen molar-refractivity contribution < 1.29 is 9.21 Å². The number of rotatable bonds is 8. The van der Waals surface area contributed by atoms with E-state index in [0.717, 1.165) is 29.2 Å². The predicted octanol–water partition coefficient (Wildman–Crippen LogP) is 5.48. The molecule has 5 rings (SSSR count). The van der Waals surface area contributed by atoms with Crippen LogP contribution in [0, 0.1) is 13.8 Å². The van der Waals surface area contributed by atoms with Crippen molar-refractivity contribution >= 4 is 29.3 Å². The average Bonchev–Trinajstić information content (AvgIpc) is 3.38. The quantitative estimate of drug-likeness (QED) is 0.303. The minimum absolute atomic E-state index is 0.0282. The third kappa shape index (κ3) is 4.88. The molecule has 1 amide bonds. The predicted molar refractivity (Wildman–Crippen MR) is 132 cm³/mol. The van der Waals surface area contributed by atoms with Gasteiger partial charge in [0, 0.05) is 18.4 Å². The smallest absolute Gasteiger partial charge is 0.249 e. The number of aromatic nitrogens is 4. The van der Waals surface area contributed by atoms with Gasteiger partial charge in [0.1, 0.15) is 0 Å². The lowest BCUT2D eigenvalue weighted by Crippen LogP contribution is -2.34. The van der Waals surface area contributed by atoms with Gasteiger partial charge in [0.2, 0.25) is 17.7 Å². The zero-order chi connectivity index (χ0) is 23.7. The lowest BCUT2D eigenvalue weighted by molar-refractivity contribution is -0.129. The lowest BCUT2D eigenvalue weighted by atomic mass is 10.1. The largest absolute Gasteiger partial charge is 0.419 e. The van der Waals surface area contributed by atoms with E-state index in [9.17, 15) is 4.79 Å². The Morgan fingerprint density at radius 2 is 2.03 bits per heavy atom. The molecule has 2 aromatic heterocycles. The molecule has 0 unspecified atom stereocenters. The Kier molecular flexibility index (Phi) is 6.43. The molecule has 1 saturated carbocycles. The molecule has 0 bridgehead atoms. The van der Waals surface area contributed by atoms with Gasteiger partial charge in [0.15, 0.2) is 5.16 Å². The molecule has 9 heteroatoms. The summed E-state index contributed by atoms with van der Waals surface area (Å²) in [7, 11) is 0. The van der Waals surface area contributed by atoms with E-state index in [1.807, 2.05) is 33.9 Å². The van der Waals surface area contributed by atoms with Crippen molar-refractivity contribution in [2.45, 2.75) is 44.4 Å². The topological polar surface area (TPSA) is 77.1 Å². The minimum Gasteiger partial charge on any atom is -0.419 e. The number of carbonyl (C=O) groups is 1. The van der Waals surface area contributed by atoms with Gasteiger partial charge in [-0.1, -0.05) is 47.6 Å². The second-order valence-corrected chi connectivity index (χ2v) is 9.74. The molecule has 0 spiro atoms. The molecule has 0 aliphatic heterocycles. The number of nitrogens with zero attached hydrogens (tertiary/aromatic N) is 5. The standard InChI is InChI=1S/C25H24ClN5O2S/c1-16-7-8-17(2)21(13-16)30-12-11-27-25(30)34-15-23(32)31(18-9-10-18)14-22-28-29-24(33-22)19-5-3-4-6-20(19)26/h3-8,11-13,18H,9-10,14-15H2,1-2H3. The zero-order valence-corrected chi connectivity index (χ0v) is 20.5. The Balaban J connectivity index is 1.28. The maximum atomic E-state index is 13.2. The maximum Gasteiger partial charge on any atom is 0.249 e. The Labute approximate surface area is 207 Å². The van der Waals surface area contributed by atoms with Crippen LogP contribution in [0.3, 0.4) is 0 Å². The molecule has 0 saturated heterocycles. The van der Waals surface area contributed by atoms with E-state index in [1.54, 1.807) is 12.3 Å². The van der Waals surface area contributed by atoms with E-state index in [-0.39, 0.29) is 24.2 Å². The van der Waals surface area contributed by atoms with Gasteiger partial charge >= 0.3 is 0 Å². The molecule has 0 radical (unpaired) electrons. The van der Waals surface area contributed by atoms with Crippen LogP contribution in [0.5, 0.6) is 0 Å². The van der Waals surface area contributed by atoms with E-state index in [0.29, 0.717) is 22.4 Å². The normalized spacial score (nSPS) is 13.3. The number of hydrogen-bond donors (Lipinski definition) is 0. The summed E-state index contributed by atoms with van der Waals surface area (Å²) in [6.45, 7) is 4.43. The Morgan fingerprint density at radius 1 is 1.21 bits per heavy atom. The van der Waals surface area contributed by atoms with Gasteiger partial charge < -0.3 is 9.32 Å². The van der Waals surface area contributed by atoms with E-state index >= 15 is 0 Å². The third-order valence-corrected chi connectivity index (χ3v) is 7.02. The van der Waals surface area contributed by atoms with Crippen molar-refractivity contribution in [3.8, 4) is 17.1 Å². The summed E-state index contributed by atoms with van der Waals surface area (Å²) in [6, 6.07) is 13.9. The first-order valence-electron chi connectivity index (χ1n) is 11.1. The third-order valence-electron chi connectivity index (χ3n) is 5.74. The lowest BCUT2D eigenvalue weighted by Gasteiger charge is -2.20. The van der Waals surface area contributed by atoms with E-state index in [1.165, 1.54) is 17.3 Å². The summed E-state index contributed by atoms with van der Waals surface area (Å²) in [5, 5.41) is 9.62. The Morgan fingerprint density at radius 3 is 2.82 bits per heavy atom. The summed E-state index contributed by atoms with van der Waals surface area (Å²) in [5.74, 6) is 1.07. The number of amides is 1. The van der Waals surface area contributed by atoms with Gasteiger partial charge in [-0.2, -0.15) is 0 Å². The monoisotopic (exact) mass is 493 g/mol. The zero-order valence-electron chi connectivity index (χ0n) is 18.9. The molecule has 2 heterocycles. The van der Waals surface area contributed by atoms with Gasteiger partial charge in [-0.15, -0.1) is 10.2 Å². The van der Waals surface area contributed by atoms with Crippen LogP contribution >= 0.6 is 23.4 Å². The first kappa shape index (κ1) is 22.7. The van der Waals surface area contributed by atoms with Crippen molar-refractivity contribution in [3.05, 3.63) is 76.9 Å². The SMILES string of the molecule is Cc1ccc(C)c(-n2ccnc2SCC(=O)N(Cc2nnc(-c3ccccc3Cl)o2)C2CC2)c1. The van der Waals surface area contributed by atoms with Gasteiger partial charge in [-0.05, 0) is 56.0 Å². The highest BCUT2D eigenvalue weighted by Gasteiger charge is 2.34. The maximum absolute atomic E-state index is 13.2. The number of thioether (sulfide) groups is 1. The summed E-state index contributed by atoms with van der Waals surface area (Å²) in [5.41, 5.74) is 4.09. The molecule has 4 aromatic rings. The van der Waals surface area contributed by atoms with Crippen molar-refractivity contribution in [1.29, 1.82) is 0 Å². The van der Waals surface area contributed by atoms with Gasteiger partial charge in [0.25, 0.3) is 0 Å². The molecular formula is C25H24ClN5O2S. The van der Waals surface area contributed by atoms with E-state index in [4.69, 9.17) is 16.0 Å². The molecule has 174 valence electrons. The van der Waals surface area contributed by atoms with E-state index < -0.39 is 0 Å². The molecule has 1 fully saturated rings. The van der Waals surface area contributed by atoms with Gasteiger partial charge in [0.05, 0.1) is 28.6 Å². The van der Waals surface area contributed by atoms with Crippen LogP contribution < -0.4 is 0 Å². The van der Waals surface area contributed by atoms with Gasteiger partial charge in [-0.3, -0.25) is 9.36 Å². The Bertz CT molecular complexity index is 1330. The number of benzene rings is 2. The fourth-order valence-electron chi connectivity index (χ4n) is 3.78. The minimum atomic E-state index is 0.0282. The molecule has 1 aliphatic rings. The highest BCUT2D eigenvalue weighted by molar-refractivity contribution is 7.99.